The predicted molar refractivity (Wildman–Crippen MR) is 79.9 cm³/mol. The number of amidine groups is 1. The van der Waals surface area contributed by atoms with Gasteiger partial charge in [0.05, 0.1) is 4.92 Å². The highest BCUT2D eigenvalue weighted by atomic mass is 16.6. The lowest BCUT2D eigenvalue weighted by Crippen LogP contribution is -2.50. The molecule has 1 heterocycles. The normalized spacial score (nSPS) is 20.6. The molecule has 2 rings (SSSR count). The molecule has 0 amide bonds. The molecule has 114 valence electrons. The fourth-order valence-electron chi connectivity index (χ4n) is 2.63. The molecule has 1 unspecified atom stereocenters. The molecule has 0 radical (unpaired) electrons. The van der Waals surface area contributed by atoms with Crippen molar-refractivity contribution in [2.75, 3.05) is 31.6 Å². The Kier molecular flexibility index (Phi) is 4.27. The maximum Gasteiger partial charge on any atom is 0.293 e. The summed E-state index contributed by atoms with van der Waals surface area (Å²) in [7, 11) is 2.03. The molecule has 1 aliphatic heterocycles. The van der Waals surface area contributed by atoms with E-state index >= 15 is 0 Å². The molecule has 1 atom stereocenters. The van der Waals surface area contributed by atoms with Gasteiger partial charge in [0.15, 0.2) is 5.84 Å². The highest BCUT2D eigenvalue weighted by Crippen LogP contribution is 2.31. The van der Waals surface area contributed by atoms with E-state index in [0.717, 1.165) is 19.6 Å². The van der Waals surface area contributed by atoms with Gasteiger partial charge in [-0.05, 0) is 26.1 Å². The summed E-state index contributed by atoms with van der Waals surface area (Å²) in [6.45, 7) is 4.46. The molecule has 1 saturated heterocycles. The first-order valence-electron chi connectivity index (χ1n) is 6.65. The Morgan fingerprint density at radius 3 is 2.81 bits per heavy atom. The number of rotatable bonds is 3. The van der Waals surface area contributed by atoms with Crippen molar-refractivity contribution in [1.29, 1.82) is 0 Å². The number of oxime groups is 1. The van der Waals surface area contributed by atoms with Crippen molar-refractivity contribution in [2.45, 2.75) is 13.0 Å². The van der Waals surface area contributed by atoms with E-state index in [9.17, 15) is 10.1 Å². The first-order chi connectivity index (χ1) is 9.93. The molecule has 1 aliphatic rings. The topological polar surface area (TPSA) is 108 Å². The molecule has 0 aliphatic carbocycles. The van der Waals surface area contributed by atoms with Gasteiger partial charge in [-0.1, -0.05) is 5.16 Å². The van der Waals surface area contributed by atoms with Crippen LogP contribution in [-0.4, -0.2) is 53.6 Å². The summed E-state index contributed by atoms with van der Waals surface area (Å²) in [6.07, 6.45) is 0. The molecule has 3 N–H and O–H groups in total. The maximum atomic E-state index is 11.3. The van der Waals surface area contributed by atoms with E-state index in [1.807, 2.05) is 18.9 Å². The number of hydrogen-bond donors (Lipinski definition) is 2. The Balaban J connectivity index is 2.41. The third kappa shape index (κ3) is 3.05. The van der Waals surface area contributed by atoms with Gasteiger partial charge in [-0.25, -0.2) is 0 Å². The van der Waals surface area contributed by atoms with E-state index < -0.39 is 4.92 Å². The van der Waals surface area contributed by atoms with Gasteiger partial charge in [0.25, 0.3) is 5.69 Å². The molecule has 8 heteroatoms. The fourth-order valence-corrected chi connectivity index (χ4v) is 2.63. The predicted octanol–water partition coefficient (Wildman–Crippen LogP) is 0.830. The Morgan fingerprint density at radius 2 is 2.24 bits per heavy atom. The van der Waals surface area contributed by atoms with Crippen LogP contribution in [0.3, 0.4) is 0 Å². The Hall–Kier alpha value is -2.35. The van der Waals surface area contributed by atoms with Crippen molar-refractivity contribution >= 4 is 17.2 Å². The van der Waals surface area contributed by atoms with Gasteiger partial charge in [0, 0.05) is 37.3 Å². The molecule has 21 heavy (non-hydrogen) atoms. The second-order valence-electron chi connectivity index (χ2n) is 5.25. The average Bonchev–Trinajstić information content (AvgIpc) is 2.46. The van der Waals surface area contributed by atoms with Crippen molar-refractivity contribution in [2.24, 2.45) is 10.9 Å². The minimum atomic E-state index is -0.436. The second kappa shape index (κ2) is 5.96. The first kappa shape index (κ1) is 15.0. The van der Waals surface area contributed by atoms with Gasteiger partial charge >= 0.3 is 0 Å². The van der Waals surface area contributed by atoms with Crippen LogP contribution in [0.25, 0.3) is 0 Å². The van der Waals surface area contributed by atoms with Crippen molar-refractivity contribution in [3.8, 4) is 0 Å². The highest BCUT2D eigenvalue weighted by molar-refractivity contribution is 5.98. The van der Waals surface area contributed by atoms with Crippen LogP contribution in [-0.2, 0) is 0 Å². The van der Waals surface area contributed by atoms with Crippen LogP contribution in [0.5, 0.6) is 0 Å². The van der Waals surface area contributed by atoms with Gasteiger partial charge in [0.1, 0.15) is 5.69 Å². The van der Waals surface area contributed by atoms with Crippen LogP contribution < -0.4 is 10.6 Å². The number of nitrogens with zero attached hydrogens (tertiary/aromatic N) is 4. The van der Waals surface area contributed by atoms with Crippen LogP contribution in [0, 0.1) is 10.1 Å². The van der Waals surface area contributed by atoms with E-state index in [4.69, 9.17) is 10.9 Å². The molecule has 0 aromatic heterocycles. The minimum Gasteiger partial charge on any atom is -0.409 e. The summed E-state index contributed by atoms with van der Waals surface area (Å²) in [4.78, 5) is 15.1. The Bertz CT molecular complexity index is 575. The van der Waals surface area contributed by atoms with E-state index in [2.05, 4.69) is 10.1 Å². The summed E-state index contributed by atoms with van der Waals surface area (Å²) < 4.78 is 0. The third-order valence-corrected chi connectivity index (χ3v) is 3.72. The molecular weight excluding hydrogens is 274 g/mol. The SMILES string of the molecule is CC1CN(C)CCN1c1ccc(/C(N)=N/O)cc1[N+](=O)[O-]. The van der Waals surface area contributed by atoms with Gasteiger partial charge in [-0.3, -0.25) is 10.1 Å². The monoisotopic (exact) mass is 293 g/mol. The molecule has 1 aromatic rings. The van der Waals surface area contributed by atoms with Crippen molar-refractivity contribution in [3.05, 3.63) is 33.9 Å². The summed E-state index contributed by atoms with van der Waals surface area (Å²) in [6, 6.07) is 4.81. The largest absolute Gasteiger partial charge is 0.409 e. The molecule has 0 spiro atoms. The minimum absolute atomic E-state index is 0.0319. The maximum absolute atomic E-state index is 11.3. The van der Waals surface area contributed by atoms with Crippen LogP contribution >= 0.6 is 0 Å². The van der Waals surface area contributed by atoms with Crippen molar-refractivity contribution in [1.82, 2.24) is 4.90 Å². The lowest BCUT2D eigenvalue weighted by atomic mass is 10.1. The number of benzene rings is 1. The zero-order valence-corrected chi connectivity index (χ0v) is 12.1. The molecule has 1 fully saturated rings. The molecule has 1 aromatic carbocycles. The van der Waals surface area contributed by atoms with E-state index in [-0.39, 0.29) is 17.6 Å². The molecule has 8 nitrogen and oxygen atoms in total. The molecule has 0 bridgehead atoms. The summed E-state index contributed by atoms with van der Waals surface area (Å²) in [5.74, 6) is -0.143. The van der Waals surface area contributed by atoms with E-state index in [1.54, 1.807) is 12.1 Å². The zero-order chi connectivity index (χ0) is 15.6. The zero-order valence-electron chi connectivity index (χ0n) is 12.1. The Labute approximate surface area is 122 Å². The second-order valence-corrected chi connectivity index (χ2v) is 5.25. The summed E-state index contributed by atoms with van der Waals surface area (Å²) in [5, 5.41) is 22.9. The Morgan fingerprint density at radius 1 is 1.52 bits per heavy atom. The average molecular weight is 293 g/mol. The molecule has 0 saturated carbocycles. The number of nitrogens with two attached hydrogens (primary N) is 1. The number of piperazine rings is 1. The van der Waals surface area contributed by atoms with Crippen LogP contribution in [0.1, 0.15) is 12.5 Å². The van der Waals surface area contributed by atoms with Gasteiger partial charge in [-0.15, -0.1) is 0 Å². The van der Waals surface area contributed by atoms with E-state index in [0.29, 0.717) is 11.3 Å². The van der Waals surface area contributed by atoms with Gasteiger partial charge < -0.3 is 20.7 Å². The third-order valence-electron chi connectivity index (χ3n) is 3.72. The van der Waals surface area contributed by atoms with Gasteiger partial charge in [-0.2, -0.15) is 0 Å². The molecular formula is C13H19N5O3. The number of nitro groups is 1. The number of hydrogen-bond acceptors (Lipinski definition) is 6. The highest BCUT2D eigenvalue weighted by Gasteiger charge is 2.27. The first-order valence-corrected chi connectivity index (χ1v) is 6.65. The van der Waals surface area contributed by atoms with Gasteiger partial charge in [0.2, 0.25) is 0 Å². The number of anilines is 1. The smallest absolute Gasteiger partial charge is 0.293 e. The summed E-state index contributed by atoms with van der Waals surface area (Å²) >= 11 is 0. The van der Waals surface area contributed by atoms with Crippen molar-refractivity contribution in [3.63, 3.8) is 0 Å². The quantitative estimate of drug-likeness (QED) is 0.281. The van der Waals surface area contributed by atoms with Crippen LogP contribution in [0.4, 0.5) is 11.4 Å². The lowest BCUT2D eigenvalue weighted by molar-refractivity contribution is -0.384. The summed E-state index contributed by atoms with van der Waals surface area (Å²) in [5.41, 5.74) is 6.36. The van der Waals surface area contributed by atoms with Crippen LogP contribution in [0.2, 0.25) is 0 Å². The number of nitro benzene ring substituents is 1. The van der Waals surface area contributed by atoms with Crippen LogP contribution in [0.15, 0.2) is 23.4 Å². The van der Waals surface area contributed by atoms with Crippen molar-refractivity contribution < 1.29 is 10.1 Å². The number of likely N-dealkylation sites (N-methyl/N-ethyl adjacent to an activating group) is 1. The standard InChI is InChI=1S/C13H19N5O3/c1-9-8-16(2)5-6-17(9)11-4-3-10(13(14)15-19)7-12(11)18(20)21/h3-4,7,9,19H,5-6,8H2,1-2H3,(H2,14,15). The fraction of sp³-hybridized carbons (Fsp3) is 0.462. The lowest BCUT2D eigenvalue weighted by Gasteiger charge is -2.39. The van der Waals surface area contributed by atoms with E-state index in [1.165, 1.54) is 6.07 Å².